The number of thioether (sulfide) groups is 1. The summed E-state index contributed by atoms with van der Waals surface area (Å²) in [5.74, 6) is 0.571. The second-order valence-corrected chi connectivity index (χ2v) is 7.21. The Bertz CT molecular complexity index is 348. The molecule has 0 saturated carbocycles. The Kier molecular flexibility index (Phi) is 10.8. The van der Waals surface area contributed by atoms with Crippen LogP contribution in [0.3, 0.4) is 0 Å². The summed E-state index contributed by atoms with van der Waals surface area (Å²) in [4.78, 5) is 6.98. The quantitative estimate of drug-likeness (QED) is 0.258. The van der Waals surface area contributed by atoms with Crippen LogP contribution >= 0.6 is 35.7 Å². The van der Waals surface area contributed by atoms with Crippen molar-refractivity contribution in [1.82, 2.24) is 10.2 Å². The third-order valence-electron chi connectivity index (χ3n) is 4.44. The molecule has 0 unspecified atom stereocenters. The number of nitrogens with two attached hydrogens (primary N) is 1. The largest absolute Gasteiger partial charge is 0.381 e. The van der Waals surface area contributed by atoms with E-state index in [1.165, 1.54) is 0 Å². The molecule has 3 N–H and O–H groups in total. The third kappa shape index (κ3) is 7.76. The number of halogens is 1. The van der Waals surface area contributed by atoms with E-state index in [0.29, 0.717) is 5.96 Å². The summed E-state index contributed by atoms with van der Waals surface area (Å²) in [6, 6.07) is 0. The monoisotopic (exact) mass is 458 g/mol. The van der Waals surface area contributed by atoms with Gasteiger partial charge in [-0.05, 0) is 32.1 Å². The fraction of sp³-hybridized carbons (Fsp3) is 0.933. The lowest BCUT2D eigenvalue weighted by molar-refractivity contribution is 0.0376. The average molecular weight is 458 g/mol. The van der Waals surface area contributed by atoms with E-state index in [4.69, 9.17) is 15.2 Å². The van der Waals surface area contributed by atoms with Crippen molar-refractivity contribution in [3.63, 3.8) is 0 Å². The highest BCUT2D eigenvalue weighted by Gasteiger charge is 2.31. The summed E-state index contributed by atoms with van der Waals surface area (Å²) >= 11 is 1.89. The number of rotatable bonds is 7. The lowest BCUT2D eigenvalue weighted by Gasteiger charge is -2.34. The lowest BCUT2D eigenvalue weighted by atomic mass is 9.99. The fourth-order valence-corrected chi connectivity index (χ4v) is 3.57. The van der Waals surface area contributed by atoms with Crippen LogP contribution in [0, 0.1) is 0 Å². The Labute approximate surface area is 161 Å². The van der Waals surface area contributed by atoms with Gasteiger partial charge in [0.05, 0.1) is 19.8 Å². The minimum atomic E-state index is 0. The fourth-order valence-electron chi connectivity index (χ4n) is 2.80. The molecule has 0 aliphatic carbocycles. The van der Waals surface area contributed by atoms with Crippen LogP contribution in [0.25, 0.3) is 0 Å². The number of hydrogen-bond acceptors (Lipinski definition) is 5. The second-order valence-electron chi connectivity index (χ2n) is 5.94. The SMILES string of the molecule is CSC1(CN=C(N)NCCCN2CCOCC2)CCOCC1.I. The van der Waals surface area contributed by atoms with Gasteiger partial charge in [0.15, 0.2) is 5.96 Å². The van der Waals surface area contributed by atoms with Crippen molar-refractivity contribution in [2.45, 2.75) is 24.0 Å². The van der Waals surface area contributed by atoms with E-state index in [0.717, 1.165) is 78.4 Å². The van der Waals surface area contributed by atoms with Crippen molar-refractivity contribution < 1.29 is 9.47 Å². The van der Waals surface area contributed by atoms with Gasteiger partial charge in [-0.3, -0.25) is 9.89 Å². The molecule has 136 valence electrons. The molecule has 0 amide bonds. The molecule has 2 saturated heterocycles. The van der Waals surface area contributed by atoms with Crippen molar-refractivity contribution in [2.75, 3.05) is 65.4 Å². The van der Waals surface area contributed by atoms with Crippen LogP contribution in [0.2, 0.25) is 0 Å². The Balaban J connectivity index is 0.00000264. The first-order valence-corrected chi connectivity index (χ1v) is 9.43. The number of nitrogens with one attached hydrogen (secondary N) is 1. The molecule has 0 atom stereocenters. The standard InChI is InChI=1S/C15H30N4O2S.HI/c1-22-15(3-9-20-10-4-15)13-18-14(16)17-5-2-6-19-7-11-21-12-8-19;/h2-13H2,1H3,(H3,16,17,18);1H. The Morgan fingerprint density at radius 3 is 2.52 bits per heavy atom. The average Bonchev–Trinajstić information content (AvgIpc) is 2.59. The highest BCUT2D eigenvalue weighted by atomic mass is 127. The molecule has 8 heteroatoms. The molecule has 0 radical (unpaired) electrons. The molecule has 2 rings (SSSR count). The van der Waals surface area contributed by atoms with E-state index in [1.54, 1.807) is 0 Å². The number of nitrogens with zero attached hydrogens (tertiary/aromatic N) is 2. The number of hydrogen-bond donors (Lipinski definition) is 2. The maximum absolute atomic E-state index is 5.99. The van der Waals surface area contributed by atoms with Crippen LogP contribution in [0.4, 0.5) is 0 Å². The Morgan fingerprint density at radius 2 is 1.87 bits per heavy atom. The molecule has 0 bridgehead atoms. The van der Waals surface area contributed by atoms with Gasteiger partial charge in [-0.2, -0.15) is 11.8 Å². The van der Waals surface area contributed by atoms with Crippen molar-refractivity contribution in [3.05, 3.63) is 0 Å². The molecule has 0 aromatic carbocycles. The van der Waals surface area contributed by atoms with E-state index in [-0.39, 0.29) is 28.7 Å². The molecule has 2 heterocycles. The van der Waals surface area contributed by atoms with Gasteiger partial charge in [0.25, 0.3) is 0 Å². The zero-order valence-electron chi connectivity index (χ0n) is 14.1. The van der Waals surface area contributed by atoms with Crippen molar-refractivity contribution in [3.8, 4) is 0 Å². The van der Waals surface area contributed by atoms with Crippen molar-refractivity contribution in [1.29, 1.82) is 0 Å². The summed E-state index contributed by atoms with van der Waals surface area (Å²) in [7, 11) is 0. The third-order valence-corrected chi connectivity index (χ3v) is 5.84. The van der Waals surface area contributed by atoms with E-state index >= 15 is 0 Å². The topological polar surface area (TPSA) is 72.1 Å². The molecule has 6 nitrogen and oxygen atoms in total. The van der Waals surface area contributed by atoms with Gasteiger partial charge in [0.2, 0.25) is 0 Å². The minimum absolute atomic E-state index is 0. The van der Waals surface area contributed by atoms with Gasteiger partial charge in [-0.15, -0.1) is 24.0 Å². The summed E-state index contributed by atoms with van der Waals surface area (Å²) < 4.78 is 11.0. The molecule has 2 fully saturated rings. The van der Waals surface area contributed by atoms with Crippen molar-refractivity contribution in [2.24, 2.45) is 10.7 Å². The predicted octanol–water partition coefficient (Wildman–Crippen LogP) is 1.14. The molecule has 2 aliphatic rings. The molecule has 0 aromatic heterocycles. The van der Waals surface area contributed by atoms with E-state index in [2.05, 4.69) is 21.5 Å². The summed E-state index contributed by atoms with van der Waals surface area (Å²) in [6.45, 7) is 8.23. The van der Waals surface area contributed by atoms with Gasteiger partial charge < -0.3 is 20.5 Å². The molecule has 0 spiro atoms. The van der Waals surface area contributed by atoms with Gasteiger partial charge in [0, 0.05) is 37.6 Å². The van der Waals surface area contributed by atoms with E-state index in [1.807, 2.05) is 11.8 Å². The highest BCUT2D eigenvalue weighted by molar-refractivity contribution is 14.0. The molecule has 2 aliphatic heterocycles. The number of aliphatic imine (C=N–C) groups is 1. The molecule has 0 aromatic rings. The zero-order valence-corrected chi connectivity index (χ0v) is 17.2. The number of guanidine groups is 1. The highest BCUT2D eigenvalue weighted by Crippen LogP contribution is 2.33. The maximum atomic E-state index is 5.99. The second kappa shape index (κ2) is 11.7. The lowest BCUT2D eigenvalue weighted by Crippen LogP contribution is -2.40. The van der Waals surface area contributed by atoms with Crippen LogP contribution in [-0.4, -0.2) is 81.0 Å². The number of ether oxygens (including phenoxy) is 2. The van der Waals surface area contributed by atoms with Gasteiger partial charge in [-0.1, -0.05) is 0 Å². The molecule has 23 heavy (non-hydrogen) atoms. The first-order valence-electron chi connectivity index (χ1n) is 8.21. The minimum Gasteiger partial charge on any atom is -0.381 e. The summed E-state index contributed by atoms with van der Waals surface area (Å²) in [6.07, 6.45) is 5.36. The first-order chi connectivity index (χ1) is 10.7. The summed E-state index contributed by atoms with van der Waals surface area (Å²) in [5, 5.41) is 3.23. The van der Waals surface area contributed by atoms with E-state index in [9.17, 15) is 0 Å². The smallest absolute Gasteiger partial charge is 0.188 e. The number of morpholine rings is 1. The molecular weight excluding hydrogens is 427 g/mol. The van der Waals surface area contributed by atoms with E-state index < -0.39 is 0 Å². The van der Waals surface area contributed by atoms with Crippen LogP contribution < -0.4 is 11.1 Å². The zero-order chi connectivity index (χ0) is 15.7. The van der Waals surface area contributed by atoms with Crippen LogP contribution in [0.15, 0.2) is 4.99 Å². The Hall–Kier alpha value is 0.230. The van der Waals surface area contributed by atoms with Gasteiger partial charge in [0.1, 0.15) is 0 Å². The Morgan fingerprint density at radius 1 is 1.22 bits per heavy atom. The normalized spacial score (nSPS) is 22.4. The van der Waals surface area contributed by atoms with Gasteiger partial charge >= 0.3 is 0 Å². The van der Waals surface area contributed by atoms with Crippen LogP contribution in [-0.2, 0) is 9.47 Å². The van der Waals surface area contributed by atoms with Crippen LogP contribution in [0.5, 0.6) is 0 Å². The first kappa shape index (κ1) is 21.3. The van der Waals surface area contributed by atoms with Gasteiger partial charge in [-0.25, -0.2) is 0 Å². The summed E-state index contributed by atoms with van der Waals surface area (Å²) in [5.41, 5.74) is 5.99. The predicted molar refractivity (Wildman–Crippen MR) is 108 cm³/mol. The van der Waals surface area contributed by atoms with Crippen molar-refractivity contribution >= 4 is 41.7 Å². The molecular formula is C15H31IN4O2S. The van der Waals surface area contributed by atoms with Crippen LogP contribution in [0.1, 0.15) is 19.3 Å². The maximum Gasteiger partial charge on any atom is 0.188 e.